The molecule has 1 heterocycles. The third-order valence-electron chi connectivity index (χ3n) is 2.58. The minimum Gasteiger partial charge on any atom is -0.380 e. The molecule has 0 aromatic heterocycles. The smallest absolute Gasteiger partial charge is 0.221 e. The summed E-state index contributed by atoms with van der Waals surface area (Å²) in [5.41, 5.74) is 0. The van der Waals surface area contributed by atoms with Gasteiger partial charge in [-0.3, -0.25) is 9.63 Å². The molecule has 1 fully saturated rings. The van der Waals surface area contributed by atoms with Crippen LogP contribution in [0.4, 0.5) is 0 Å². The molecule has 0 radical (unpaired) electrons. The van der Waals surface area contributed by atoms with Gasteiger partial charge in [-0.2, -0.15) is 5.06 Å². The van der Waals surface area contributed by atoms with Gasteiger partial charge in [0, 0.05) is 32.7 Å². The number of hydrogen-bond acceptors (Lipinski definition) is 4. The average Bonchev–Trinajstić information content (AvgIpc) is 2.37. The van der Waals surface area contributed by atoms with Crippen LogP contribution in [0, 0.1) is 0 Å². The maximum Gasteiger partial charge on any atom is 0.221 e. The third-order valence-corrected chi connectivity index (χ3v) is 2.58. The van der Waals surface area contributed by atoms with Crippen LogP contribution in [0.25, 0.3) is 0 Å². The molecule has 5 heteroatoms. The van der Waals surface area contributed by atoms with E-state index in [0.717, 1.165) is 39.0 Å². The van der Waals surface area contributed by atoms with E-state index in [-0.39, 0.29) is 5.91 Å². The molecule has 17 heavy (non-hydrogen) atoms. The summed E-state index contributed by atoms with van der Waals surface area (Å²) in [5, 5.41) is 4.72. The Morgan fingerprint density at radius 1 is 1.41 bits per heavy atom. The van der Waals surface area contributed by atoms with Gasteiger partial charge in [0.1, 0.15) is 0 Å². The highest BCUT2D eigenvalue weighted by atomic mass is 16.7. The third kappa shape index (κ3) is 7.31. The minimum absolute atomic E-state index is 0.0688. The normalized spacial score (nSPS) is 17.0. The molecule has 0 saturated carbocycles. The Bertz CT molecular complexity index is 206. The highest BCUT2D eigenvalue weighted by Crippen LogP contribution is 2.05. The van der Waals surface area contributed by atoms with Crippen LogP contribution in [0.2, 0.25) is 0 Å². The Hall–Kier alpha value is -0.650. The van der Waals surface area contributed by atoms with Gasteiger partial charge in [-0.1, -0.05) is 6.92 Å². The first-order valence-corrected chi connectivity index (χ1v) is 6.55. The summed E-state index contributed by atoms with van der Waals surface area (Å²) < 4.78 is 5.28. The molecule has 0 aromatic rings. The average molecular weight is 244 g/mol. The van der Waals surface area contributed by atoms with Crippen molar-refractivity contribution < 1.29 is 14.4 Å². The van der Waals surface area contributed by atoms with Gasteiger partial charge in [0.25, 0.3) is 0 Å². The number of carbonyl (C=O) groups excluding carboxylic acids is 1. The predicted molar refractivity (Wildman–Crippen MR) is 65.5 cm³/mol. The van der Waals surface area contributed by atoms with E-state index in [2.05, 4.69) is 12.2 Å². The number of carbonyl (C=O) groups is 1. The van der Waals surface area contributed by atoms with E-state index >= 15 is 0 Å². The largest absolute Gasteiger partial charge is 0.380 e. The molecule has 1 rings (SSSR count). The van der Waals surface area contributed by atoms with Crippen LogP contribution < -0.4 is 5.32 Å². The summed E-state index contributed by atoms with van der Waals surface area (Å²) in [7, 11) is 0. The molecule has 0 bridgehead atoms. The Morgan fingerprint density at radius 3 is 3.00 bits per heavy atom. The van der Waals surface area contributed by atoms with Crippen molar-refractivity contribution in [3.05, 3.63) is 0 Å². The molecule has 1 saturated heterocycles. The maximum absolute atomic E-state index is 11.5. The number of hydroxylamine groups is 2. The van der Waals surface area contributed by atoms with E-state index in [1.54, 1.807) is 0 Å². The topological polar surface area (TPSA) is 50.8 Å². The second-order valence-corrected chi connectivity index (χ2v) is 4.18. The van der Waals surface area contributed by atoms with Crippen LogP contribution >= 0.6 is 0 Å². The van der Waals surface area contributed by atoms with Gasteiger partial charge in [-0.05, 0) is 19.3 Å². The molecule has 0 unspecified atom stereocenters. The first-order valence-electron chi connectivity index (χ1n) is 6.55. The molecule has 100 valence electrons. The van der Waals surface area contributed by atoms with Gasteiger partial charge in [0.05, 0.1) is 13.2 Å². The van der Waals surface area contributed by atoms with E-state index in [4.69, 9.17) is 9.57 Å². The van der Waals surface area contributed by atoms with Crippen LogP contribution in [0.3, 0.4) is 0 Å². The molecular weight excluding hydrogens is 220 g/mol. The van der Waals surface area contributed by atoms with Crippen LogP contribution in [-0.4, -0.2) is 50.4 Å². The van der Waals surface area contributed by atoms with Crippen molar-refractivity contribution in [1.29, 1.82) is 0 Å². The van der Waals surface area contributed by atoms with Gasteiger partial charge in [0.2, 0.25) is 5.91 Å². The molecule has 1 aliphatic rings. The lowest BCUT2D eigenvalue weighted by Gasteiger charge is -2.25. The van der Waals surface area contributed by atoms with Crippen molar-refractivity contribution in [2.45, 2.75) is 32.6 Å². The number of nitrogens with one attached hydrogen (secondary N) is 1. The van der Waals surface area contributed by atoms with Gasteiger partial charge in [-0.25, -0.2) is 0 Å². The van der Waals surface area contributed by atoms with E-state index in [1.807, 2.05) is 5.06 Å². The predicted octanol–water partition coefficient (Wildman–Crippen LogP) is 0.947. The monoisotopic (exact) mass is 244 g/mol. The van der Waals surface area contributed by atoms with Crippen molar-refractivity contribution in [2.75, 3.05) is 39.5 Å². The Morgan fingerprint density at radius 2 is 2.29 bits per heavy atom. The summed E-state index contributed by atoms with van der Waals surface area (Å²) >= 11 is 0. The van der Waals surface area contributed by atoms with Gasteiger partial charge in [-0.15, -0.1) is 0 Å². The zero-order valence-corrected chi connectivity index (χ0v) is 10.7. The van der Waals surface area contributed by atoms with Gasteiger partial charge < -0.3 is 10.1 Å². The maximum atomic E-state index is 11.5. The van der Waals surface area contributed by atoms with Crippen molar-refractivity contribution in [2.24, 2.45) is 0 Å². The van der Waals surface area contributed by atoms with E-state index in [0.29, 0.717) is 26.1 Å². The number of amides is 1. The molecule has 1 N–H and O–H groups in total. The fourth-order valence-corrected chi connectivity index (χ4v) is 1.65. The van der Waals surface area contributed by atoms with E-state index < -0.39 is 0 Å². The zero-order chi connectivity index (χ0) is 12.3. The number of rotatable bonds is 8. The molecule has 0 spiro atoms. The fraction of sp³-hybridized carbons (Fsp3) is 0.917. The standard InChI is InChI=1S/C12H24N2O3/c1-2-9-16-11-6-13-12(15)5-8-14-7-3-4-10-17-14/h2-11H2,1H3,(H,13,15). The lowest BCUT2D eigenvalue weighted by atomic mass is 10.3. The van der Waals surface area contributed by atoms with Crippen LogP contribution in [0.5, 0.6) is 0 Å². The Balaban J connectivity index is 1.93. The molecule has 5 nitrogen and oxygen atoms in total. The van der Waals surface area contributed by atoms with Crippen molar-refractivity contribution >= 4 is 5.91 Å². The first-order chi connectivity index (χ1) is 8.33. The summed E-state index contributed by atoms with van der Waals surface area (Å²) in [6, 6.07) is 0. The van der Waals surface area contributed by atoms with E-state index in [1.165, 1.54) is 0 Å². The van der Waals surface area contributed by atoms with Gasteiger partial charge in [0.15, 0.2) is 0 Å². The Labute approximate surface area is 103 Å². The summed E-state index contributed by atoms with van der Waals surface area (Å²) in [6.45, 7) is 6.43. The Kier molecular flexibility index (Phi) is 7.96. The fourth-order valence-electron chi connectivity index (χ4n) is 1.65. The molecular formula is C12H24N2O3. The second-order valence-electron chi connectivity index (χ2n) is 4.18. The quantitative estimate of drug-likeness (QED) is 0.646. The lowest BCUT2D eigenvalue weighted by Crippen LogP contribution is -2.35. The van der Waals surface area contributed by atoms with Crippen LogP contribution in [-0.2, 0) is 14.4 Å². The lowest BCUT2D eigenvalue weighted by molar-refractivity contribution is -0.181. The SMILES string of the molecule is CCCOCCNC(=O)CCN1CCCCO1. The van der Waals surface area contributed by atoms with Crippen LogP contribution in [0.1, 0.15) is 32.6 Å². The van der Waals surface area contributed by atoms with Gasteiger partial charge >= 0.3 is 0 Å². The molecule has 0 atom stereocenters. The zero-order valence-electron chi connectivity index (χ0n) is 10.7. The minimum atomic E-state index is 0.0688. The molecule has 0 aliphatic carbocycles. The summed E-state index contributed by atoms with van der Waals surface area (Å²) in [5.74, 6) is 0.0688. The number of nitrogens with zero attached hydrogens (tertiary/aromatic N) is 1. The van der Waals surface area contributed by atoms with Crippen molar-refractivity contribution in [1.82, 2.24) is 10.4 Å². The van der Waals surface area contributed by atoms with E-state index in [9.17, 15) is 4.79 Å². The number of ether oxygens (including phenoxy) is 1. The summed E-state index contributed by atoms with van der Waals surface area (Å²) in [4.78, 5) is 16.9. The van der Waals surface area contributed by atoms with Crippen molar-refractivity contribution in [3.63, 3.8) is 0 Å². The van der Waals surface area contributed by atoms with Crippen molar-refractivity contribution in [3.8, 4) is 0 Å². The first kappa shape index (κ1) is 14.4. The highest BCUT2D eigenvalue weighted by molar-refractivity contribution is 5.75. The second kappa shape index (κ2) is 9.39. The molecule has 1 aliphatic heterocycles. The summed E-state index contributed by atoms with van der Waals surface area (Å²) in [6.07, 6.45) is 3.79. The van der Waals surface area contributed by atoms with Crippen LogP contribution in [0.15, 0.2) is 0 Å². The number of hydrogen-bond donors (Lipinski definition) is 1. The highest BCUT2D eigenvalue weighted by Gasteiger charge is 2.11. The molecule has 1 amide bonds. The molecule has 0 aromatic carbocycles.